The van der Waals surface area contributed by atoms with E-state index in [4.69, 9.17) is 32.5 Å². The van der Waals surface area contributed by atoms with Gasteiger partial charge in [-0.2, -0.15) is 0 Å². The van der Waals surface area contributed by atoms with Crippen molar-refractivity contribution >= 4 is 12.2 Å². The fraction of sp³-hybridized carbons (Fsp3) is 0.0833. The van der Waals surface area contributed by atoms with Crippen molar-refractivity contribution in [2.24, 2.45) is 0 Å². The summed E-state index contributed by atoms with van der Waals surface area (Å²) in [4.78, 5) is 6.23. The fourth-order valence-electron chi connectivity index (χ4n) is 2.94. The molecule has 7 nitrogen and oxygen atoms in total. The zero-order valence-corrected chi connectivity index (χ0v) is 16.5. The molecule has 0 aliphatic heterocycles. The van der Waals surface area contributed by atoms with E-state index in [1.54, 1.807) is 36.4 Å². The van der Waals surface area contributed by atoms with Crippen LogP contribution in [0.4, 0.5) is 0 Å². The van der Waals surface area contributed by atoms with Gasteiger partial charge >= 0.3 is 0 Å². The van der Waals surface area contributed by atoms with Gasteiger partial charge in [0.2, 0.25) is 0 Å². The Labute approximate surface area is 179 Å². The largest absolute Gasteiger partial charge is 0.456 e. The summed E-state index contributed by atoms with van der Waals surface area (Å²) in [6.07, 6.45) is 6.11. The third-order valence-corrected chi connectivity index (χ3v) is 4.32. The Balaban J connectivity index is 1.90. The summed E-state index contributed by atoms with van der Waals surface area (Å²) in [5, 5.41) is 17.7. The first-order valence-electron chi connectivity index (χ1n) is 9.18. The van der Waals surface area contributed by atoms with Crippen LogP contribution in [0.5, 0.6) is 0 Å². The first-order chi connectivity index (χ1) is 15.1. The predicted octanol–water partition coefficient (Wildman–Crippen LogP) is 6.15. The quantitative estimate of drug-likeness (QED) is 0.279. The van der Waals surface area contributed by atoms with Gasteiger partial charge in [-0.1, -0.05) is 6.08 Å². The van der Waals surface area contributed by atoms with Gasteiger partial charge in [-0.25, -0.2) is 20.2 Å². The molecule has 0 unspecified atom stereocenters. The summed E-state index contributed by atoms with van der Waals surface area (Å²) in [5.41, 5.74) is 1.65. The summed E-state index contributed by atoms with van der Waals surface area (Å²) >= 11 is 0. The van der Waals surface area contributed by atoms with Crippen molar-refractivity contribution in [2.45, 2.75) is 13.5 Å². The van der Waals surface area contributed by atoms with Gasteiger partial charge in [-0.05, 0) is 61.5 Å². The molecule has 0 spiro atoms. The minimum atomic E-state index is -0.0447. The monoisotopic (exact) mass is 405 g/mol. The van der Waals surface area contributed by atoms with Gasteiger partial charge in [0.25, 0.3) is 11.4 Å². The molecule has 0 aliphatic carbocycles. The molecule has 0 saturated carbocycles. The third-order valence-electron chi connectivity index (χ3n) is 4.32. The highest BCUT2D eigenvalue weighted by molar-refractivity contribution is 5.67. The Bertz CT molecular complexity index is 1330. The van der Waals surface area contributed by atoms with Crippen molar-refractivity contribution < 1.29 is 8.83 Å². The first-order valence-corrected chi connectivity index (χ1v) is 9.18. The Hall–Kier alpha value is -4.98. The molecule has 3 aromatic rings. The van der Waals surface area contributed by atoms with Crippen LogP contribution >= 0.6 is 0 Å². The Kier molecular flexibility index (Phi) is 6.35. The van der Waals surface area contributed by atoms with E-state index < -0.39 is 0 Å². The van der Waals surface area contributed by atoms with Gasteiger partial charge in [0, 0.05) is 6.54 Å². The molecule has 3 aromatic heterocycles. The van der Waals surface area contributed by atoms with Crippen molar-refractivity contribution in [1.29, 1.82) is 10.5 Å². The molecular weight excluding hydrogens is 390 g/mol. The normalized spacial score (nSPS) is 11.6. The van der Waals surface area contributed by atoms with E-state index in [0.29, 0.717) is 29.6 Å². The molecule has 0 radical (unpaired) electrons. The SMILES string of the molecule is [C-]#[N+]/C(C#N)=C\c1ccc(-c2ccc(-c3ccc(/C=C/C=C(\C#N)[N+]#[C-])o3)n2CC)o1. The Morgan fingerprint density at radius 3 is 2.06 bits per heavy atom. The standard InChI is InChI=1S/C24H15N5O2/c1-4-29-21(23-12-8-19(30-23)7-5-6-17(15-25)27-2)10-11-22(29)24-13-9-20(31-24)14-18(16-26)28-3/h5-14H,4H2,1H3/b7-5+,17-6+,18-14-. The molecule has 0 saturated heterocycles. The molecule has 0 atom stereocenters. The Morgan fingerprint density at radius 1 is 0.935 bits per heavy atom. The topological polar surface area (TPSA) is 87.5 Å². The lowest BCUT2D eigenvalue weighted by Crippen LogP contribution is -1.98. The molecular formula is C24H15N5O2. The highest BCUT2D eigenvalue weighted by atomic mass is 16.3. The molecule has 0 amide bonds. The molecule has 0 aliphatic rings. The molecule has 0 fully saturated rings. The number of aromatic nitrogens is 1. The van der Waals surface area contributed by atoms with E-state index in [-0.39, 0.29) is 11.4 Å². The summed E-state index contributed by atoms with van der Waals surface area (Å²) in [7, 11) is 0. The smallest absolute Gasteiger partial charge is 0.265 e. The molecule has 31 heavy (non-hydrogen) atoms. The molecule has 0 N–H and O–H groups in total. The van der Waals surface area contributed by atoms with Crippen molar-refractivity contribution in [2.75, 3.05) is 0 Å². The van der Waals surface area contributed by atoms with Gasteiger partial charge < -0.3 is 13.4 Å². The molecule has 148 valence electrons. The maximum absolute atomic E-state index is 8.91. The molecule has 3 rings (SSSR count). The molecule has 3 heterocycles. The summed E-state index contributed by atoms with van der Waals surface area (Å²) < 4.78 is 13.7. The van der Waals surface area contributed by atoms with E-state index in [2.05, 4.69) is 9.69 Å². The van der Waals surface area contributed by atoms with E-state index in [9.17, 15) is 0 Å². The second-order valence-electron chi connectivity index (χ2n) is 6.14. The van der Waals surface area contributed by atoms with Crippen LogP contribution in [0.2, 0.25) is 0 Å². The van der Waals surface area contributed by atoms with Crippen LogP contribution < -0.4 is 0 Å². The van der Waals surface area contributed by atoms with Crippen LogP contribution in [0.1, 0.15) is 18.4 Å². The summed E-state index contributed by atoms with van der Waals surface area (Å²) in [6, 6.07) is 14.6. The van der Waals surface area contributed by atoms with E-state index >= 15 is 0 Å². The van der Waals surface area contributed by atoms with Crippen molar-refractivity contribution in [3.8, 4) is 35.0 Å². The maximum atomic E-state index is 8.91. The van der Waals surface area contributed by atoms with Gasteiger partial charge in [-0.3, -0.25) is 0 Å². The van der Waals surface area contributed by atoms with E-state index in [0.717, 1.165) is 11.4 Å². The van der Waals surface area contributed by atoms with Crippen LogP contribution in [0, 0.1) is 35.8 Å². The molecule has 7 heteroatoms. The van der Waals surface area contributed by atoms with Crippen molar-refractivity contribution in [3.05, 3.63) is 94.3 Å². The lowest BCUT2D eigenvalue weighted by Gasteiger charge is -2.08. The van der Waals surface area contributed by atoms with Crippen LogP contribution in [-0.2, 0) is 6.54 Å². The second-order valence-corrected chi connectivity index (χ2v) is 6.14. The van der Waals surface area contributed by atoms with Crippen molar-refractivity contribution in [1.82, 2.24) is 4.57 Å². The number of hydrogen-bond donors (Lipinski definition) is 0. The lowest BCUT2D eigenvalue weighted by molar-refractivity contribution is 0.556. The predicted molar refractivity (Wildman–Crippen MR) is 115 cm³/mol. The van der Waals surface area contributed by atoms with Gasteiger partial charge in [0.05, 0.1) is 36.7 Å². The minimum absolute atomic E-state index is 0.00141. The number of furan rings is 2. The maximum Gasteiger partial charge on any atom is 0.265 e. The number of nitriles is 2. The van der Waals surface area contributed by atoms with Gasteiger partial charge in [-0.15, -0.1) is 0 Å². The summed E-state index contributed by atoms with van der Waals surface area (Å²) in [6.45, 7) is 16.5. The van der Waals surface area contributed by atoms with Crippen molar-refractivity contribution in [3.63, 3.8) is 0 Å². The number of nitrogens with zero attached hydrogens (tertiary/aromatic N) is 5. The number of allylic oxidation sites excluding steroid dienone is 4. The minimum Gasteiger partial charge on any atom is -0.456 e. The fourth-order valence-corrected chi connectivity index (χ4v) is 2.94. The van der Waals surface area contributed by atoms with Crippen LogP contribution in [0.25, 0.3) is 44.8 Å². The molecule has 0 aromatic carbocycles. The van der Waals surface area contributed by atoms with Crippen LogP contribution in [0.3, 0.4) is 0 Å². The highest BCUT2D eigenvalue weighted by Crippen LogP contribution is 2.31. The van der Waals surface area contributed by atoms with Crippen LogP contribution in [0.15, 0.2) is 68.8 Å². The van der Waals surface area contributed by atoms with Crippen LogP contribution in [-0.4, -0.2) is 4.57 Å². The third kappa shape index (κ3) is 4.54. The van der Waals surface area contributed by atoms with Gasteiger partial charge in [0.15, 0.2) is 11.5 Å². The average Bonchev–Trinajstić information content (AvgIpc) is 3.53. The second kappa shape index (κ2) is 9.48. The first kappa shape index (κ1) is 20.7. The lowest BCUT2D eigenvalue weighted by atomic mass is 10.3. The Morgan fingerprint density at radius 2 is 1.52 bits per heavy atom. The molecule has 0 bridgehead atoms. The summed E-state index contributed by atoms with van der Waals surface area (Å²) in [5.74, 6) is 2.30. The van der Waals surface area contributed by atoms with E-state index in [1.165, 1.54) is 12.2 Å². The zero-order chi connectivity index (χ0) is 22.2. The highest BCUT2D eigenvalue weighted by Gasteiger charge is 2.15. The number of hydrogen-bond acceptors (Lipinski definition) is 4. The average molecular weight is 405 g/mol. The van der Waals surface area contributed by atoms with E-state index in [1.807, 2.05) is 35.8 Å². The van der Waals surface area contributed by atoms with Gasteiger partial charge in [0.1, 0.15) is 11.5 Å². The zero-order valence-electron chi connectivity index (χ0n) is 16.5. The number of rotatable bonds is 6.